The molecule has 0 aromatic heterocycles. The third kappa shape index (κ3) is 2.46. The smallest absolute Gasteiger partial charge is 0.303 e. The number of fused-ring (bicyclic) bond motifs is 1. The number of carboxylic acid groups (broad SMARTS) is 1. The van der Waals surface area contributed by atoms with Crippen molar-refractivity contribution in [1.82, 2.24) is 0 Å². The maximum Gasteiger partial charge on any atom is 0.303 e. The number of carbonyl (C=O) groups excluding carboxylic acids is 1. The Morgan fingerprint density at radius 1 is 1.41 bits per heavy atom. The van der Waals surface area contributed by atoms with Crippen LogP contribution in [-0.2, 0) is 22.4 Å². The van der Waals surface area contributed by atoms with E-state index < -0.39 is 5.97 Å². The first-order valence-corrected chi connectivity index (χ1v) is 5.68. The molecule has 0 unspecified atom stereocenters. The van der Waals surface area contributed by atoms with Gasteiger partial charge in [0.15, 0.2) is 0 Å². The van der Waals surface area contributed by atoms with Gasteiger partial charge in [0.2, 0.25) is 5.91 Å². The molecule has 17 heavy (non-hydrogen) atoms. The fraction of sp³-hybridized carbons (Fsp3) is 0.385. The van der Waals surface area contributed by atoms with Crippen LogP contribution in [0.1, 0.15) is 24.0 Å². The van der Waals surface area contributed by atoms with Crippen molar-refractivity contribution in [3.05, 3.63) is 29.3 Å². The molecule has 0 saturated heterocycles. The van der Waals surface area contributed by atoms with E-state index in [0.29, 0.717) is 12.8 Å². The summed E-state index contributed by atoms with van der Waals surface area (Å²) in [6.07, 6.45) is 1.97. The van der Waals surface area contributed by atoms with Crippen molar-refractivity contribution < 1.29 is 14.7 Å². The number of nitrogens with zero attached hydrogens (tertiary/aromatic N) is 1. The molecule has 2 rings (SSSR count). The standard InChI is InChI=1S/C13H15NO3/c1-14-11-5-2-9(3-7-13(16)17)8-10(11)4-6-12(14)15/h2,5,8H,3-4,6-7H2,1H3,(H,16,17). The number of carboxylic acids is 1. The van der Waals surface area contributed by atoms with Gasteiger partial charge in [0.1, 0.15) is 0 Å². The number of hydrogen-bond acceptors (Lipinski definition) is 2. The topological polar surface area (TPSA) is 57.6 Å². The van der Waals surface area contributed by atoms with E-state index in [4.69, 9.17) is 5.11 Å². The first kappa shape index (κ1) is 11.6. The van der Waals surface area contributed by atoms with Crippen molar-refractivity contribution in [2.45, 2.75) is 25.7 Å². The minimum Gasteiger partial charge on any atom is -0.481 e. The lowest BCUT2D eigenvalue weighted by molar-refractivity contribution is -0.137. The molecule has 1 N–H and O–H groups in total. The van der Waals surface area contributed by atoms with Crippen LogP contribution in [0.15, 0.2) is 18.2 Å². The van der Waals surface area contributed by atoms with Crippen molar-refractivity contribution >= 4 is 17.6 Å². The Hall–Kier alpha value is -1.84. The van der Waals surface area contributed by atoms with Crippen molar-refractivity contribution in [2.75, 3.05) is 11.9 Å². The summed E-state index contributed by atoms with van der Waals surface area (Å²) in [6.45, 7) is 0. The summed E-state index contributed by atoms with van der Waals surface area (Å²) in [7, 11) is 1.78. The average molecular weight is 233 g/mol. The van der Waals surface area contributed by atoms with Crippen LogP contribution in [0.5, 0.6) is 0 Å². The third-order valence-electron chi connectivity index (χ3n) is 3.12. The maximum absolute atomic E-state index is 11.5. The number of benzene rings is 1. The number of aliphatic carboxylic acids is 1. The molecule has 0 bridgehead atoms. The minimum atomic E-state index is -0.782. The summed E-state index contributed by atoms with van der Waals surface area (Å²) < 4.78 is 0. The molecule has 0 atom stereocenters. The fourth-order valence-electron chi connectivity index (χ4n) is 2.12. The predicted octanol–water partition coefficient (Wildman–Crippen LogP) is 1.61. The molecule has 1 heterocycles. The van der Waals surface area contributed by atoms with Gasteiger partial charge in [-0.05, 0) is 30.0 Å². The number of amides is 1. The van der Waals surface area contributed by atoms with Crippen molar-refractivity contribution in [1.29, 1.82) is 0 Å². The van der Waals surface area contributed by atoms with Gasteiger partial charge in [-0.25, -0.2) is 0 Å². The highest BCUT2D eigenvalue weighted by Gasteiger charge is 2.20. The Balaban J connectivity index is 2.20. The zero-order chi connectivity index (χ0) is 12.4. The van der Waals surface area contributed by atoms with E-state index >= 15 is 0 Å². The summed E-state index contributed by atoms with van der Waals surface area (Å²) >= 11 is 0. The molecule has 1 aliphatic heterocycles. The second-order valence-corrected chi connectivity index (χ2v) is 4.31. The maximum atomic E-state index is 11.5. The molecule has 0 aliphatic carbocycles. The molecule has 1 aromatic carbocycles. The van der Waals surface area contributed by atoms with Gasteiger partial charge in [0, 0.05) is 25.6 Å². The van der Waals surface area contributed by atoms with E-state index in [-0.39, 0.29) is 12.3 Å². The normalized spacial score (nSPS) is 14.6. The Kier molecular flexibility index (Phi) is 3.13. The highest BCUT2D eigenvalue weighted by Crippen LogP contribution is 2.27. The largest absolute Gasteiger partial charge is 0.481 e. The molecule has 4 nitrogen and oxygen atoms in total. The summed E-state index contributed by atoms with van der Waals surface area (Å²) in [6, 6.07) is 5.82. The van der Waals surface area contributed by atoms with Gasteiger partial charge >= 0.3 is 5.97 Å². The molecule has 0 radical (unpaired) electrons. The van der Waals surface area contributed by atoms with E-state index in [1.807, 2.05) is 18.2 Å². The van der Waals surface area contributed by atoms with Crippen LogP contribution in [0.25, 0.3) is 0 Å². The van der Waals surface area contributed by atoms with Crippen LogP contribution >= 0.6 is 0 Å². The lowest BCUT2D eigenvalue weighted by Gasteiger charge is -2.26. The molecule has 0 spiro atoms. The van der Waals surface area contributed by atoms with Gasteiger partial charge in [-0.15, -0.1) is 0 Å². The number of anilines is 1. The van der Waals surface area contributed by atoms with Gasteiger partial charge < -0.3 is 10.0 Å². The zero-order valence-corrected chi connectivity index (χ0v) is 9.77. The predicted molar refractivity (Wildman–Crippen MR) is 64.1 cm³/mol. The van der Waals surface area contributed by atoms with Gasteiger partial charge in [0.25, 0.3) is 0 Å². The minimum absolute atomic E-state index is 0.135. The van der Waals surface area contributed by atoms with E-state index in [2.05, 4.69) is 0 Å². The molecule has 1 aromatic rings. The van der Waals surface area contributed by atoms with Gasteiger partial charge in [-0.3, -0.25) is 9.59 Å². The lowest BCUT2D eigenvalue weighted by atomic mass is 9.97. The molecule has 0 saturated carbocycles. The number of rotatable bonds is 3. The molecular formula is C13H15NO3. The first-order valence-electron chi connectivity index (χ1n) is 5.68. The van der Waals surface area contributed by atoms with Crippen LogP contribution in [0, 0.1) is 0 Å². The number of hydrogen-bond donors (Lipinski definition) is 1. The molecular weight excluding hydrogens is 218 g/mol. The van der Waals surface area contributed by atoms with E-state index in [1.54, 1.807) is 11.9 Å². The van der Waals surface area contributed by atoms with Gasteiger partial charge in [-0.2, -0.15) is 0 Å². The summed E-state index contributed by atoms with van der Waals surface area (Å²) in [4.78, 5) is 23.7. The fourth-order valence-corrected chi connectivity index (χ4v) is 2.12. The summed E-state index contributed by atoms with van der Waals surface area (Å²) in [5, 5.41) is 8.64. The lowest BCUT2D eigenvalue weighted by Crippen LogP contribution is -2.31. The molecule has 1 amide bonds. The van der Waals surface area contributed by atoms with Crippen LogP contribution in [0.2, 0.25) is 0 Å². The number of carbonyl (C=O) groups is 2. The second kappa shape index (κ2) is 4.57. The molecule has 4 heteroatoms. The SMILES string of the molecule is CN1C(=O)CCc2cc(CCC(=O)O)ccc21. The van der Waals surface area contributed by atoms with E-state index in [0.717, 1.165) is 23.2 Å². The van der Waals surface area contributed by atoms with Crippen molar-refractivity contribution in [3.8, 4) is 0 Å². The Labute approximate surface area is 99.9 Å². The highest BCUT2D eigenvalue weighted by molar-refractivity contribution is 5.95. The quantitative estimate of drug-likeness (QED) is 0.863. The first-order chi connectivity index (χ1) is 8.08. The Morgan fingerprint density at radius 2 is 2.18 bits per heavy atom. The summed E-state index contributed by atoms with van der Waals surface area (Å²) in [5.41, 5.74) is 3.10. The molecule has 1 aliphatic rings. The van der Waals surface area contributed by atoms with Crippen LogP contribution in [-0.4, -0.2) is 24.0 Å². The van der Waals surface area contributed by atoms with Crippen LogP contribution in [0.4, 0.5) is 5.69 Å². The van der Waals surface area contributed by atoms with Crippen molar-refractivity contribution in [3.63, 3.8) is 0 Å². The van der Waals surface area contributed by atoms with E-state index in [9.17, 15) is 9.59 Å². The van der Waals surface area contributed by atoms with Gasteiger partial charge in [0.05, 0.1) is 0 Å². The van der Waals surface area contributed by atoms with E-state index in [1.165, 1.54) is 0 Å². The van der Waals surface area contributed by atoms with Gasteiger partial charge in [-0.1, -0.05) is 12.1 Å². The van der Waals surface area contributed by atoms with Crippen LogP contribution < -0.4 is 4.90 Å². The Morgan fingerprint density at radius 3 is 2.88 bits per heavy atom. The van der Waals surface area contributed by atoms with Crippen molar-refractivity contribution in [2.24, 2.45) is 0 Å². The summed E-state index contributed by atoms with van der Waals surface area (Å²) in [5.74, 6) is -0.647. The third-order valence-corrected chi connectivity index (χ3v) is 3.12. The number of aryl methyl sites for hydroxylation is 2. The zero-order valence-electron chi connectivity index (χ0n) is 9.77. The highest BCUT2D eigenvalue weighted by atomic mass is 16.4. The average Bonchev–Trinajstić information content (AvgIpc) is 2.31. The Bertz CT molecular complexity index is 468. The molecule has 0 fully saturated rings. The monoisotopic (exact) mass is 233 g/mol. The molecule has 90 valence electrons. The van der Waals surface area contributed by atoms with Crippen LogP contribution in [0.3, 0.4) is 0 Å². The second-order valence-electron chi connectivity index (χ2n) is 4.31.